The summed E-state index contributed by atoms with van der Waals surface area (Å²) in [5.41, 5.74) is 7.33. The molecule has 2 rings (SSSR count). The number of hydrogen-bond acceptors (Lipinski definition) is 4. The van der Waals surface area contributed by atoms with Gasteiger partial charge in [0.05, 0.1) is 12.5 Å². The number of carbonyl (C=O) groups is 3. The molecule has 3 N–H and O–H groups in total. The van der Waals surface area contributed by atoms with Crippen LogP contribution < -0.4 is 20.9 Å². The maximum atomic E-state index is 12.2. The van der Waals surface area contributed by atoms with Crippen molar-refractivity contribution in [3.8, 4) is 5.75 Å². The van der Waals surface area contributed by atoms with Crippen molar-refractivity contribution < 1.29 is 19.1 Å². The summed E-state index contributed by atoms with van der Waals surface area (Å²) < 4.78 is 5.37. The van der Waals surface area contributed by atoms with E-state index in [-0.39, 0.29) is 18.9 Å². The van der Waals surface area contributed by atoms with Crippen LogP contribution in [0.4, 0.5) is 0 Å². The third-order valence-electron chi connectivity index (χ3n) is 4.09. The van der Waals surface area contributed by atoms with E-state index >= 15 is 0 Å². The van der Waals surface area contributed by atoms with Crippen LogP contribution >= 0.6 is 11.6 Å². The average molecular weight is 418 g/mol. The van der Waals surface area contributed by atoms with E-state index < -0.39 is 17.9 Å². The van der Waals surface area contributed by atoms with Crippen LogP contribution in [0, 0.1) is 13.8 Å². The third-order valence-corrected chi connectivity index (χ3v) is 4.51. The van der Waals surface area contributed by atoms with Crippen LogP contribution in [0.15, 0.2) is 42.5 Å². The molecule has 0 aliphatic carbocycles. The van der Waals surface area contributed by atoms with Crippen LogP contribution in [-0.2, 0) is 14.4 Å². The number of nitrogens with one attached hydrogen (secondary N) is 3. The average Bonchev–Trinajstić information content (AvgIpc) is 2.67. The van der Waals surface area contributed by atoms with E-state index in [9.17, 15) is 14.4 Å². The van der Waals surface area contributed by atoms with Crippen molar-refractivity contribution in [1.82, 2.24) is 16.2 Å². The summed E-state index contributed by atoms with van der Waals surface area (Å²) in [4.78, 5) is 35.6. The van der Waals surface area contributed by atoms with Gasteiger partial charge in [0.25, 0.3) is 5.91 Å². The molecule has 0 spiro atoms. The number of aryl methyl sites for hydroxylation is 2. The number of halogens is 1. The molecule has 0 heterocycles. The minimum absolute atomic E-state index is 0.0276. The summed E-state index contributed by atoms with van der Waals surface area (Å²) in [5.74, 6) is -0.713. The zero-order valence-electron chi connectivity index (χ0n) is 16.5. The van der Waals surface area contributed by atoms with Gasteiger partial charge in [0.2, 0.25) is 11.8 Å². The molecule has 8 heteroatoms. The topological polar surface area (TPSA) is 96.5 Å². The first-order valence-electron chi connectivity index (χ1n) is 9.05. The van der Waals surface area contributed by atoms with Gasteiger partial charge in [0, 0.05) is 11.9 Å². The summed E-state index contributed by atoms with van der Waals surface area (Å²) in [6.45, 7) is 4.90. The second-order valence-corrected chi connectivity index (χ2v) is 7.07. The van der Waals surface area contributed by atoms with Crippen LogP contribution in [0.1, 0.15) is 36.1 Å². The molecule has 7 nitrogen and oxygen atoms in total. The molecule has 0 saturated heterocycles. The smallest absolute Gasteiger partial charge is 0.276 e. The van der Waals surface area contributed by atoms with Crippen molar-refractivity contribution in [1.29, 1.82) is 0 Å². The fourth-order valence-electron chi connectivity index (χ4n) is 2.56. The Morgan fingerprint density at radius 3 is 2.28 bits per heavy atom. The standard InChI is InChI=1S/C21H24ClN3O4/c1-13-4-6-16(7-5-13)19(23-15(3)26)11-20(27)24-25-21(28)12-29-17-8-9-18(22)14(2)10-17/h4-10,19H,11-12H2,1-3H3,(H,23,26)(H,24,27)(H,25,28)/t19-/m1/s1. The number of hydrogen-bond donors (Lipinski definition) is 3. The minimum atomic E-state index is -0.516. The Morgan fingerprint density at radius 2 is 1.66 bits per heavy atom. The maximum Gasteiger partial charge on any atom is 0.276 e. The largest absolute Gasteiger partial charge is 0.484 e. The first kappa shape index (κ1) is 22.2. The van der Waals surface area contributed by atoms with Gasteiger partial charge in [0.1, 0.15) is 5.75 Å². The summed E-state index contributed by atoms with van der Waals surface area (Å²) >= 11 is 5.94. The number of amides is 3. The van der Waals surface area contributed by atoms with Crippen LogP contribution in [0.25, 0.3) is 0 Å². The predicted molar refractivity (Wildman–Crippen MR) is 110 cm³/mol. The fraction of sp³-hybridized carbons (Fsp3) is 0.286. The Kier molecular flexibility index (Phi) is 8.03. The van der Waals surface area contributed by atoms with Gasteiger partial charge in [0.15, 0.2) is 6.61 Å². The molecule has 2 aromatic rings. The molecule has 3 amide bonds. The van der Waals surface area contributed by atoms with Crippen molar-refractivity contribution in [2.24, 2.45) is 0 Å². The van der Waals surface area contributed by atoms with E-state index in [0.29, 0.717) is 10.8 Å². The van der Waals surface area contributed by atoms with Crippen molar-refractivity contribution in [2.45, 2.75) is 33.2 Å². The van der Waals surface area contributed by atoms with Gasteiger partial charge in [-0.05, 0) is 43.2 Å². The van der Waals surface area contributed by atoms with E-state index in [4.69, 9.17) is 16.3 Å². The van der Waals surface area contributed by atoms with Gasteiger partial charge < -0.3 is 10.1 Å². The summed E-state index contributed by atoms with van der Waals surface area (Å²) in [6.07, 6.45) is -0.0276. The number of carbonyl (C=O) groups excluding carboxylic acids is 3. The summed E-state index contributed by atoms with van der Waals surface area (Å²) in [5, 5.41) is 3.35. The highest BCUT2D eigenvalue weighted by atomic mass is 35.5. The van der Waals surface area contributed by atoms with E-state index in [0.717, 1.165) is 16.7 Å². The molecule has 29 heavy (non-hydrogen) atoms. The van der Waals surface area contributed by atoms with Crippen molar-refractivity contribution in [2.75, 3.05) is 6.61 Å². The number of benzene rings is 2. The van der Waals surface area contributed by atoms with Crippen LogP contribution in [0.2, 0.25) is 5.02 Å². The van der Waals surface area contributed by atoms with E-state index in [2.05, 4.69) is 16.2 Å². The van der Waals surface area contributed by atoms with Gasteiger partial charge in [-0.25, -0.2) is 0 Å². The Morgan fingerprint density at radius 1 is 1.00 bits per heavy atom. The van der Waals surface area contributed by atoms with Crippen LogP contribution in [0.5, 0.6) is 5.75 Å². The van der Waals surface area contributed by atoms with E-state index in [1.165, 1.54) is 6.92 Å². The van der Waals surface area contributed by atoms with Crippen LogP contribution in [0.3, 0.4) is 0 Å². The lowest BCUT2D eigenvalue weighted by molar-refractivity contribution is -0.130. The maximum absolute atomic E-state index is 12.2. The molecule has 0 bridgehead atoms. The molecular formula is C21H24ClN3O4. The number of ether oxygens (including phenoxy) is 1. The molecule has 1 atom stereocenters. The first-order valence-corrected chi connectivity index (χ1v) is 9.42. The molecular weight excluding hydrogens is 394 g/mol. The Hall–Kier alpha value is -3.06. The molecule has 0 aliphatic rings. The van der Waals surface area contributed by atoms with Crippen molar-refractivity contribution in [3.63, 3.8) is 0 Å². The highest BCUT2D eigenvalue weighted by Gasteiger charge is 2.17. The lowest BCUT2D eigenvalue weighted by atomic mass is 10.0. The van der Waals surface area contributed by atoms with Crippen LogP contribution in [-0.4, -0.2) is 24.3 Å². The zero-order chi connectivity index (χ0) is 21.4. The highest BCUT2D eigenvalue weighted by molar-refractivity contribution is 6.31. The SMILES string of the molecule is CC(=O)N[C@H](CC(=O)NNC(=O)COc1ccc(Cl)c(C)c1)c1ccc(C)cc1. The van der Waals surface area contributed by atoms with Gasteiger partial charge in [-0.2, -0.15) is 0 Å². The highest BCUT2D eigenvalue weighted by Crippen LogP contribution is 2.21. The van der Waals surface area contributed by atoms with Gasteiger partial charge in [-0.1, -0.05) is 41.4 Å². The van der Waals surface area contributed by atoms with Crippen molar-refractivity contribution in [3.05, 3.63) is 64.2 Å². The zero-order valence-corrected chi connectivity index (χ0v) is 17.3. The lowest BCUT2D eigenvalue weighted by Crippen LogP contribution is -2.45. The quantitative estimate of drug-likeness (QED) is 0.603. The molecule has 2 aromatic carbocycles. The van der Waals surface area contributed by atoms with Gasteiger partial charge in [-0.3, -0.25) is 25.2 Å². The normalized spacial score (nSPS) is 11.3. The summed E-state index contributed by atoms with van der Waals surface area (Å²) in [6, 6.07) is 12.1. The molecule has 0 unspecified atom stereocenters. The second kappa shape index (κ2) is 10.5. The number of hydrazine groups is 1. The van der Waals surface area contributed by atoms with E-state index in [1.54, 1.807) is 18.2 Å². The monoisotopic (exact) mass is 417 g/mol. The van der Waals surface area contributed by atoms with E-state index in [1.807, 2.05) is 38.1 Å². The molecule has 0 fully saturated rings. The first-order chi connectivity index (χ1) is 13.7. The molecule has 0 radical (unpaired) electrons. The Labute approximate surface area is 174 Å². The summed E-state index contributed by atoms with van der Waals surface area (Å²) in [7, 11) is 0. The number of rotatable bonds is 7. The van der Waals surface area contributed by atoms with Gasteiger partial charge in [-0.15, -0.1) is 0 Å². The fourth-order valence-corrected chi connectivity index (χ4v) is 2.68. The Bertz CT molecular complexity index is 884. The molecule has 154 valence electrons. The molecule has 0 aliphatic heterocycles. The Balaban J connectivity index is 1.84. The molecule has 0 saturated carbocycles. The minimum Gasteiger partial charge on any atom is -0.484 e. The third kappa shape index (κ3) is 7.46. The van der Waals surface area contributed by atoms with Gasteiger partial charge >= 0.3 is 0 Å². The second-order valence-electron chi connectivity index (χ2n) is 6.66. The molecule has 0 aromatic heterocycles. The lowest BCUT2D eigenvalue weighted by Gasteiger charge is -2.18. The van der Waals surface area contributed by atoms with Crippen molar-refractivity contribution >= 4 is 29.3 Å². The predicted octanol–water partition coefficient (Wildman–Crippen LogP) is 2.75.